The van der Waals surface area contributed by atoms with Crippen molar-refractivity contribution < 1.29 is 34.2 Å². The molecule has 3 saturated carbocycles. The summed E-state index contributed by atoms with van der Waals surface area (Å²) < 4.78 is 0. The summed E-state index contributed by atoms with van der Waals surface area (Å²) in [4.78, 5) is 68.2. The van der Waals surface area contributed by atoms with E-state index in [0.717, 1.165) is 31.2 Å². The van der Waals surface area contributed by atoms with Gasteiger partial charge in [-0.2, -0.15) is 0 Å². The molecule has 0 radical (unpaired) electrons. The quantitative estimate of drug-likeness (QED) is 0.378. The van der Waals surface area contributed by atoms with Gasteiger partial charge in [-0.1, -0.05) is 38.0 Å². The molecule has 0 bridgehead atoms. The van der Waals surface area contributed by atoms with Crippen LogP contribution in [0.15, 0.2) is 6.07 Å². The summed E-state index contributed by atoms with van der Waals surface area (Å²) in [7, 11) is 3.13. The number of nitrogens with two attached hydrogens (primary N) is 1. The monoisotopic (exact) mass is 548 g/mol. The lowest BCUT2D eigenvalue weighted by molar-refractivity contribution is -0.181. The van der Waals surface area contributed by atoms with Gasteiger partial charge in [0.15, 0.2) is 34.7 Å². The molecule has 40 heavy (non-hydrogen) atoms. The number of likely N-dealkylation sites (N-methyl/N-ethyl adjacent to an activating group) is 1. The number of phenolic OH excluding ortho intramolecular Hbond substituents is 1. The van der Waals surface area contributed by atoms with E-state index in [1.165, 1.54) is 11.3 Å². The minimum Gasteiger partial charge on any atom is -0.506 e. The van der Waals surface area contributed by atoms with Crippen LogP contribution >= 0.6 is 0 Å². The van der Waals surface area contributed by atoms with Gasteiger partial charge >= 0.3 is 0 Å². The Balaban J connectivity index is 1.60. The zero-order chi connectivity index (χ0) is 29.1. The number of carbonyl (C=O) groups excluding carboxylic acids is 5. The van der Waals surface area contributed by atoms with E-state index in [0.29, 0.717) is 17.5 Å². The van der Waals surface area contributed by atoms with E-state index in [9.17, 15) is 34.2 Å². The maximum Gasteiger partial charge on any atom is 0.235 e. The van der Waals surface area contributed by atoms with Gasteiger partial charge in [0.05, 0.1) is 23.1 Å². The summed E-state index contributed by atoms with van der Waals surface area (Å²) in [5.41, 5.74) is 4.47. The number of phenols is 1. The summed E-state index contributed by atoms with van der Waals surface area (Å²) in [6.07, 6.45) is 6.27. The topological polar surface area (TPSA) is 155 Å². The molecule has 0 spiro atoms. The van der Waals surface area contributed by atoms with Gasteiger partial charge in [-0.25, -0.2) is 0 Å². The molecule has 6 atom stereocenters. The number of aromatic hydroxyl groups is 1. The highest BCUT2D eigenvalue weighted by molar-refractivity contribution is 6.32. The Kier molecular flexibility index (Phi) is 7.22. The maximum absolute atomic E-state index is 14.0. The summed E-state index contributed by atoms with van der Waals surface area (Å²) in [5, 5.41) is 23.0. The van der Waals surface area contributed by atoms with Crippen molar-refractivity contribution in [3.05, 3.63) is 28.3 Å². The molecule has 9 nitrogen and oxygen atoms in total. The third-order valence-electron chi connectivity index (χ3n) is 9.55. The molecule has 0 saturated heterocycles. The fourth-order valence-electron chi connectivity index (χ4n) is 7.59. The van der Waals surface area contributed by atoms with Crippen molar-refractivity contribution in [2.24, 2.45) is 35.3 Å². The SMILES string of the molecule is CCc1cc(C#CC2CCCCC2)c(O)c2c1C[C@H]1C[C@H]3[C@H](N(C)C)C(=O)C(C(N)=O)C(=O)[C@@]3(O)C(=O)C1C2=O. The molecule has 1 aromatic carbocycles. The predicted octanol–water partition coefficient (Wildman–Crippen LogP) is 1.36. The number of hydrogen-bond donors (Lipinski definition) is 3. The second-order valence-corrected chi connectivity index (χ2v) is 12.0. The van der Waals surface area contributed by atoms with Crippen molar-refractivity contribution in [1.29, 1.82) is 0 Å². The molecule has 212 valence electrons. The van der Waals surface area contributed by atoms with Crippen molar-refractivity contribution in [3.8, 4) is 17.6 Å². The van der Waals surface area contributed by atoms with E-state index >= 15 is 0 Å². The van der Waals surface area contributed by atoms with Crippen molar-refractivity contribution >= 4 is 29.0 Å². The predicted molar refractivity (Wildman–Crippen MR) is 144 cm³/mol. The van der Waals surface area contributed by atoms with E-state index in [4.69, 9.17) is 5.73 Å². The average molecular weight is 549 g/mol. The first-order valence-corrected chi connectivity index (χ1v) is 14.2. The van der Waals surface area contributed by atoms with E-state index < -0.39 is 64.4 Å². The fraction of sp³-hybridized carbons (Fsp3) is 0.581. The fourth-order valence-corrected chi connectivity index (χ4v) is 7.59. The van der Waals surface area contributed by atoms with Crippen LogP contribution in [0.4, 0.5) is 0 Å². The van der Waals surface area contributed by atoms with Crippen molar-refractivity contribution in [3.63, 3.8) is 0 Å². The molecule has 9 heteroatoms. The Bertz CT molecular complexity index is 1380. The van der Waals surface area contributed by atoms with Crippen LogP contribution in [0.2, 0.25) is 0 Å². The largest absolute Gasteiger partial charge is 0.506 e. The van der Waals surface area contributed by atoms with Crippen LogP contribution in [-0.4, -0.2) is 69.9 Å². The first kappa shape index (κ1) is 28.2. The number of aryl methyl sites for hydroxylation is 1. The average Bonchev–Trinajstić information content (AvgIpc) is 2.90. The molecule has 0 heterocycles. The molecule has 0 aromatic heterocycles. The second-order valence-electron chi connectivity index (χ2n) is 12.0. The molecule has 4 aliphatic rings. The third-order valence-corrected chi connectivity index (χ3v) is 9.55. The molecular weight excluding hydrogens is 512 g/mol. The second kappa shape index (κ2) is 10.2. The summed E-state index contributed by atoms with van der Waals surface area (Å²) in [6, 6.07) is 0.699. The Morgan fingerprint density at radius 3 is 2.40 bits per heavy atom. The van der Waals surface area contributed by atoms with Gasteiger partial charge in [0.25, 0.3) is 0 Å². The van der Waals surface area contributed by atoms with Crippen LogP contribution in [0.25, 0.3) is 0 Å². The Labute approximate surface area is 233 Å². The van der Waals surface area contributed by atoms with Crippen LogP contribution < -0.4 is 5.73 Å². The lowest BCUT2D eigenvalue weighted by atomic mass is 9.52. The van der Waals surface area contributed by atoms with E-state index in [2.05, 4.69) is 11.8 Å². The number of ketones is 4. The number of hydrogen-bond acceptors (Lipinski definition) is 8. The summed E-state index contributed by atoms with van der Waals surface area (Å²) in [5.74, 6) is -3.80. The lowest BCUT2D eigenvalue weighted by Gasteiger charge is -2.52. The molecule has 5 rings (SSSR count). The van der Waals surface area contributed by atoms with Gasteiger partial charge in [0, 0.05) is 11.8 Å². The minimum atomic E-state index is -2.72. The van der Waals surface area contributed by atoms with Gasteiger partial charge in [0.2, 0.25) is 5.91 Å². The van der Waals surface area contributed by atoms with Gasteiger partial charge in [-0.05, 0) is 69.3 Å². The van der Waals surface area contributed by atoms with Gasteiger partial charge in [-0.3, -0.25) is 28.9 Å². The van der Waals surface area contributed by atoms with Gasteiger partial charge in [-0.15, -0.1) is 0 Å². The molecular formula is C31H36N2O7. The number of Topliss-reactive ketones (excluding diaryl/α,β-unsaturated/α-hetero) is 4. The molecule has 4 aliphatic carbocycles. The Morgan fingerprint density at radius 1 is 1.12 bits per heavy atom. The number of fused-ring (bicyclic) bond motifs is 3. The first-order valence-electron chi connectivity index (χ1n) is 14.2. The van der Waals surface area contributed by atoms with Crippen molar-refractivity contribution in [2.45, 2.75) is 69.9 Å². The highest BCUT2D eigenvalue weighted by atomic mass is 16.3. The molecule has 1 aromatic rings. The molecule has 0 aliphatic heterocycles. The van der Waals surface area contributed by atoms with Crippen molar-refractivity contribution in [1.82, 2.24) is 4.90 Å². The maximum atomic E-state index is 14.0. The highest BCUT2D eigenvalue weighted by Gasteiger charge is 2.69. The van der Waals surface area contributed by atoms with E-state index in [-0.39, 0.29) is 30.1 Å². The molecule has 2 unspecified atom stereocenters. The number of primary amides is 1. The first-order chi connectivity index (χ1) is 18.9. The molecule has 1 amide bonds. The number of rotatable bonds is 3. The van der Waals surface area contributed by atoms with Gasteiger partial charge < -0.3 is 15.9 Å². The van der Waals surface area contributed by atoms with Crippen LogP contribution in [0, 0.1) is 41.4 Å². The smallest absolute Gasteiger partial charge is 0.235 e. The van der Waals surface area contributed by atoms with Gasteiger partial charge in [0.1, 0.15) is 5.75 Å². The summed E-state index contributed by atoms with van der Waals surface area (Å²) in [6.45, 7) is 1.94. The standard InChI is InChI=1S/C31H36N2O7/c1-4-16-12-17(11-10-15-8-6-5-7-9-15)25(34)22-19(16)13-18-14-20-24(33(2)3)27(36)23(30(32)39)29(38)31(20,40)28(37)21(18)26(22)35/h12,15,18,20-21,23-24,34,40H,4-9,13-14H2,1-3H3,(H2,32,39)/t18-,20-,21?,23?,24-,31-/m0/s1. The minimum absolute atomic E-state index is 0.0129. The summed E-state index contributed by atoms with van der Waals surface area (Å²) >= 11 is 0. The number of amides is 1. The lowest BCUT2D eigenvalue weighted by Crippen LogP contribution is -2.74. The number of aliphatic hydroxyl groups is 1. The number of benzene rings is 1. The third kappa shape index (κ3) is 4.11. The van der Waals surface area contributed by atoms with E-state index in [1.807, 2.05) is 13.0 Å². The molecule has 3 fully saturated rings. The Hall–Kier alpha value is -3.35. The Morgan fingerprint density at radius 2 is 1.80 bits per heavy atom. The van der Waals surface area contributed by atoms with Crippen LogP contribution in [-0.2, 0) is 32.0 Å². The van der Waals surface area contributed by atoms with Crippen LogP contribution in [0.3, 0.4) is 0 Å². The van der Waals surface area contributed by atoms with Crippen molar-refractivity contribution in [2.75, 3.05) is 14.1 Å². The van der Waals surface area contributed by atoms with Crippen LogP contribution in [0.1, 0.15) is 72.5 Å². The van der Waals surface area contributed by atoms with E-state index in [1.54, 1.807) is 14.1 Å². The zero-order valence-corrected chi connectivity index (χ0v) is 23.2. The van der Waals surface area contributed by atoms with Crippen LogP contribution in [0.5, 0.6) is 5.75 Å². The normalized spacial score (nSPS) is 32.2. The number of nitrogens with zero attached hydrogens (tertiary/aromatic N) is 1. The highest BCUT2D eigenvalue weighted by Crippen LogP contribution is 2.51. The number of carbonyl (C=O) groups is 5. The molecule has 4 N–H and O–H groups in total. The zero-order valence-electron chi connectivity index (χ0n) is 23.2.